The summed E-state index contributed by atoms with van der Waals surface area (Å²) >= 11 is 0. The molecule has 0 aliphatic carbocycles. The van der Waals surface area contributed by atoms with E-state index in [1.807, 2.05) is 0 Å². The summed E-state index contributed by atoms with van der Waals surface area (Å²) in [5.74, 6) is -0.596. The van der Waals surface area contributed by atoms with E-state index >= 15 is 0 Å². The lowest BCUT2D eigenvalue weighted by Gasteiger charge is -2.21. The van der Waals surface area contributed by atoms with Gasteiger partial charge in [-0.2, -0.15) is 0 Å². The summed E-state index contributed by atoms with van der Waals surface area (Å²) in [6.07, 6.45) is -6.45. The van der Waals surface area contributed by atoms with Crippen molar-refractivity contribution in [3.8, 4) is 11.5 Å². The van der Waals surface area contributed by atoms with Crippen LogP contribution in [0.25, 0.3) is 0 Å². The van der Waals surface area contributed by atoms with Gasteiger partial charge < -0.3 is 29.7 Å². The Balaban J connectivity index is 2.39. The lowest BCUT2D eigenvalue weighted by atomic mass is 9.98. The number of aliphatic hydroxyl groups is 2. The van der Waals surface area contributed by atoms with Crippen LogP contribution >= 0.6 is 0 Å². The van der Waals surface area contributed by atoms with Crippen LogP contribution in [-0.4, -0.2) is 52.8 Å². The van der Waals surface area contributed by atoms with Gasteiger partial charge in [0.05, 0.1) is 6.54 Å². The fraction of sp³-hybridized carbons (Fsp3) is 0.462. The van der Waals surface area contributed by atoms with Gasteiger partial charge in [-0.1, -0.05) is 6.07 Å². The minimum atomic E-state index is -3.85. The largest absolute Gasteiger partial charge is 0.586 e. The molecule has 1 atom stereocenters. The van der Waals surface area contributed by atoms with Gasteiger partial charge in [-0.15, -0.1) is 8.78 Å². The Morgan fingerprint density at radius 3 is 2.68 bits per heavy atom. The first kappa shape index (κ1) is 16.2. The average molecular weight is 319 g/mol. The van der Waals surface area contributed by atoms with Gasteiger partial charge >= 0.3 is 12.4 Å². The van der Waals surface area contributed by atoms with E-state index in [4.69, 9.17) is 10.2 Å². The molecule has 0 saturated heterocycles. The molecular formula is C13H15F2NO6. The Morgan fingerprint density at radius 2 is 2.09 bits per heavy atom. The molecule has 1 aliphatic rings. The molecule has 7 nitrogen and oxygen atoms in total. The summed E-state index contributed by atoms with van der Waals surface area (Å²) in [6, 6.07) is 2.66. The molecule has 122 valence electrons. The molecule has 1 heterocycles. The van der Waals surface area contributed by atoms with Crippen LogP contribution in [0.15, 0.2) is 12.1 Å². The van der Waals surface area contributed by atoms with E-state index in [9.17, 15) is 18.7 Å². The van der Waals surface area contributed by atoms with Crippen LogP contribution in [0, 0.1) is 0 Å². The van der Waals surface area contributed by atoms with Crippen molar-refractivity contribution in [2.45, 2.75) is 18.8 Å². The first-order valence-electron chi connectivity index (χ1n) is 6.39. The number of alkyl halides is 2. The lowest BCUT2D eigenvalue weighted by molar-refractivity contribution is -0.287. The fourth-order valence-corrected chi connectivity index (χ4v) is 2.21. The van der Waals surface area contributed by atoms with Crippen molar-refractivity contribution in [2.75, 3.05) is 20.2 Å². The number of fused-ring (bicyclic) bond motifs is 1. The molecule has 1 aromatic rings. The van der Waals surface area contributed by atoms with Crippen LogP contribution in [0.3, 0.4) is 0 Å². The number of carbonyl (C=O) groups is 1. The maximum atomic E-state index is 13.2. The minimum Gasteiger partial charge on any atom is -0.465 e. The second-order valence-electron chi connectivity index (χ2n) is 4.79. The molecule has 22 heavy (non-hydrogen) atoms. The van der Waals surface area contributed by atoms with Crippen LogP contribution in [0.1, 0.15) is 17.2 Å². The highest BCUT2D eigenvalue weighted by atomic mass is 19.3. The van der Waals surface area contributed by atoms with Crippen LogP contribution < -0.4 is 9.47 Å². The predicted octanol–water partition coefficient (Wildman–Crippen LogP) is 1.19. The average Bonchev–Trinajstić information content (AvgIpc) is 2.72. The van der Waals surface area contributed by atoms with Crippen LogP contribution in [0.5, 0.6) is 11.5 Å². The van der Waals surface area contributed by atoms with Gasteiger partial charge in [-0.05, 0) is 18.1 Å². The highest BCUT2D eigenvalue weighted by Gasteiger charge is 2.45. The van der Waals surface area contributed by atoms with Gasteiger partial charge in [0.2, 0.25) is 0 Å². The molecule has 1 aliphatic heterocycles. The molecule has 0 aromatic heterocycles. The zero-order valence-corrected chi connectivity index (χ0v) is 11.6. The fourth-order valence-electron chi connectivity index (χ4n) is 2.21. The van der Waals surface area contributed by atoms with Crippen molar-refractivity contribution in [3.05, 3.63) is 23.3 Å². The Morgan fingerprint density at radius 1 is 1.41 bits per heavy atom. The Labute approximate surface area is 124 Å². The quantitative estimate of drug-likeness (QED) is 0.754. The second kappa shape index (κ2) is 5.93. The maximum Gasteiger partial charge on any atom is 0.586 e. The normalized spacial score (nSPS) is 16.4. The molecule has 0 spiro atoms. The number of nitrogens with zero attached hydrogens (tertiary/aromatic N) is 1. The topological polar surface area (TPSA) is 99.5 Å². The van der Waals surface area contributed by atoms with Crippen molar-refractivity contribution >= 4 is 6.09 Å². The highest BCUT2D eigenvalue weighted by Crippen LogP contribution is 2.46. The van der Waals surface area contributed by atoms with Crippen molar-refractivity contribution in [1.82, 2.24) is 4.90 Å². The van der Waals surface area contributed by atoms with Gasteiger partial charge in [0, 0.05) is 19.2 Å². The third kappa shape index (κ3) is 3.20. The number of hydrogen-bond acceptors (Lipinski definition) is 5. The van der Waals surface area contributed by atoms with Crippen LogP contribution in [-0.2, 0) is 6.42 Å². The number of carboxylic acid groups (broad SMARTS) is 1. The Bertz CT molecular complexity index is 580. The molecule has 0 fully saturated rings. The van der Waals surface area contributed by atoms with E-state index in [-0.39, 0.29) is 36.6 Å². The summed E-state index contributed by atoms with van der Waals surface area (Å²) in [5, 5.41) is 28.1. The Hall–Kier alpha value is -2.13. The van der Waals surface area contributed by atoms with Crippen molar-refractivity contribution in [2.24, 2.45) is 0 Å². The number of amides is 1. The Kier molecular flexibility index (Phi) is 4.38. The first-order chi connectivity index (χ1) is 10.2. The van der Waals surface area contributed by atoms with E-state index in [0.29, 0.717) is 5.56 Å². The van der Waals surface area contributed by atoms with E-state index in [0.717, 1.165) is 4.90 Å². The van der Waals surface area contributed by atoms with Crippen molar-refractivity contribution in [1.29, 1.82) is 0 Å². The molecular weight excluding hydrogens is 304 g/mol. The van der Waals surface area contributed by atoms with Crippen LogP contribution in [0.4, 0.5) is 13.6 Å². The lowest BCUT2D eigenvalue weighted by Crippen LogP contribution is -2.30. The summed E-state index contributed by atoms with van der Waals surface area (Å²) in [4.78, 5) is 11.6. The minimum absolute atomic E-state index is 0.0168. The van der Waals surface area contributed by atoms with E-state index in [1.165, 1.54) is 19.2 Å². The molecule has 3 N–H and O–H groups in total. The molecule has 2 rings (SSSR count). The number of hydrogen-bond donors (Lipinski definition) is 3. The maximum absolute atomic E-state index is 13.2. The molecule has 0 radical (unpaired) electrons. The number of halogens is 2. The SMILES string of the molecule is CN(CC(O)c1c(CCO)ccc2c1OC(F)(F)O2)C(=O)O. The summed E-state index contributed by atoms with van der Waals surface area (Å²) < 4.78 is 35.1. The van der Waals surface area contributed by atoms with Gasteiger partial charge in [-0.25, -0.2) is 4.79 Å². The van der Waals surface area contributed by atoms with Crippen molar-refractivity contribution < 1.29 is 38.4 Å². The molecule has 9 heteroatoms. The zero-order chi connectivity index (χ0) is 16.5. The van der Waals surface area contributed by atoms with Gasteiger partial charge in [0.1, 0.15) is 6.10 Å². The van der Waals surface area contributed by atoms with E-state index in [2.05, 4.69) is 9.47 Å². The standard InChI is InChI=1S/C13H15F2NO6/c1-16(12(19)20)6-8(18)10-7(4-5-17)2-3-9-11(10)22-13(14,15)21-9/h2-3,8,17-18H,4-6H2,1H3,(H,19,20). The number of likely N-dealkylation sites (N-methyl/N-ethyl adjacent to an activating group) is 1. The summed E-state index contributed by atoms with van der Waals surface area (Å²) in [7, 11) is 1.23. The molecule has 1 amide bonds. The summed E-state index contributed by atoms with van der Waals surface area (Å²) in [5.41, 5.74) is 0.352. The van der Waals surface area contributed by atoms with E-state index < -0.39 is 18.5 Å². The molecule has 0 saturated carbocycles. The number of ether oxygens (including phenoxy) is 2. The number of benzene rings is 1. The smallest absolute Gasteiger partial charge is 0.465 e. The highest BCUT2D eigenvalue weighted by molar-refractivity contribution is 5.64. The summed E-state index contributed by atoms with van der Waals surface area (Å²) in [6.45, 7) is -0.621. The first-order valence-corrected chi connectivity index (χ1v) is 6.39. The van der Waals surface area contributed by atoms with Crippen molar-refractivity contribution in [3.63, 3.8) is 0 Å². The van der Waals surface area contributed by atoms with E-state index in [1.54, 1.807) is 0 Å². The predicted molar refractivity (Wildman–Crippen MR) is 69.0 cm³/mol. The monoisotopic (exact) mass is 319 g/mol. The zero-order valence-electron chi connectivity index (χ0n) is 11.6. The molecule has 1 aromatic carbocycles. The van der Waals surface area contributed by atoms with Gasteiger partial charge in [-0.3, -0.25) is 0 Å². The van der Waals surface area contributed by atoms with Gasteiger partial charge in [0.15, 0.2) is 11.5 Å². The second-order valence-corrected chi connectivity index (χ2v) is 4.79. The molecule has 1 unspecified atom stereocenters. The van der Waals surface area contributed by atoms with Gasteiger partial charge in [0.25, 0.3) is 0 Å². The number of aliphatic hydroxyl groups excluding tert-OH is 2. The third-order valence-corrected chi connectivity index (χ3v) is 3.19. The third-order valence-electron chi connectivity index (χ3n) is 3.19. The number of rotatable bonds is 5. The molecule has 0 bridgehead atoms. The van der Waals surface area contributed by atoms with Crippen LogP contribution in [0.2, 0.25) is 0 Å².